The molecule has 0 spiro atoms. The minimum absolute atomic E-state index is 0.0374. The first-order valence-electron chi connectivity index (χ1n) is 10.7. The Morgan fingerprint density at radius 1 is 0.840 bits per heavy atom. The highest BCUT2D eigenvalue weighted by Gasteiger charge is 2.60. The molecule has 0 bridgehead atoms. The van der Waals surface area contributed by atoms with E-state index in [1.807, 2.05) is 6.92 Å². The van der Waals surface area contributed by atoms with Crippen molar-refractivity contribution in [3.8, 4) is 0 Å². The van der Waals surface area contributed by atoms with Crippen LogP contribution in [-0.4, -0.2) is 34.6 Å². The van der Waals surface area contributed by atoms with Gasteiger partial charge in [0.05, 0.1) is 12.2 Å². The van der Waals surface area contributed by atoms with Crippen molar-refractivity contribution >= 4 is 0 Å². The quantitative estimate of drug-likeness (QED) is 0.668. The molecule has 0 amide bonds. The average molecular weight is 353 g/mol. The van der Waals surface area contributed by atoms with Crippen molar-refractivity contribution < 1.29 is 15.3 Å². The van der Waals surface area contributed by atoms with E-state index in [0.29, 0.717) is 16.7 Å². The molecule has 3 nitrogen and oxygen atoms in total. The van der Waals surface area contributed by atoms with Crippen molar-refractivity contribution in [3.63, 3.8) is 0 Å². The van der Waals surface area contributed by atoms with Gasteiger partial charge in [-0.3, -0.25) is 0 Å². The van der Waals surface area contributed by atoms with E-state index in [-0.39, 0.29) is 12.2 Å². The molecule has 0 aromatic heterocycles. The number of hydrogen-bond donors (Lipinski definition) is 3. The molecular formula is C22H40O3. The van der Waals surface area contributed by atoms with Crippen molar-refractivity contribution in [2.45, 2.75) is 90.8 Å². The van der Waals surface area contributed by atoms with Crippen LogP contribution in [0, 0.1) is 40.4 Å². The third kappa shape index (κ3) is 2.99. The number of hydrogen-bond acceptors (Lipinski definition) is 3. The Morgan fingerprint density at radius 3 is 2.16 bits per heavy atom. The summed E-state index contributed by atoms with van der Waals surface area (Å²) in [6.45, 7) is 7.08. The highest BCUT2D eigenvalue weighted by atomic mass is 16.3. The minimum atomic E-state index is -0.140. The Kier molecular flexibility index (Phi) is 5.60. The SMILES string of the molecule is CC(O)C1CCC2C3CCC4CC(O)CCC4(C)C3CCC12C.CO. The van der Waals surface area contributed by atoms with Crippen LogP contribution < -0.4 is 0 Å². The smallest absolute Gasteiger partial charge is 0.0545 e. The zero-order valence-corrected chi connectivity index (χ0v) is 16.7. The van der Waals surface area contributed by atoms with Gasteiger partial charge >= 0.3 is 0 Å². The molecule has 4 fully saturated rings. The monoisotopic (exact) mass is 352 g/mol. The lowest BCUT2D eigenvalue weighted by Gasteiger charge is -2.61. The van der Waals surface area contributed by atoms with Gasteiger partial charge in [-0.25, -0.2) is 0 Å². The summed E-state index contributed by atoms with van der Waals surface area (Å²) in [4.78, 5) is 0. The first-order chi connectivity index (χ1) is 11.9. The highest BCUT2D eigenvalue weighted by molar-refractivity contribution is 5.09. The molecule has 9 atom stereocenters. The van der Waals surface area contributed by atoms with E-state index >= 15 is 0 Å². The zero-order chi connectivity index (χ0) is 18.4. The fraction of sp³-hybridized carbons (Fsp3) is 1.00. The summed E-state index contributed by atoms with van der Waals surface area (Å²) in [6.07, 6.45) is 11.1. The average Bonchev–Trinajstić information content (AvgIpc) is 2.95. The predicted molar refractivity (Wildman–Crippen MR) is 101 cm³/mol. The first kappa shape index (κ1) is 19.6. The van der Waals surface area contributed by atoms with Gasteiger partial charge in [-0.05, 0) is 105 Å². The van der Waals surface area contributed by atoms with E-state index in [2.05, 4.69) is 13.8 Å². The molecule has 0 heterocycles. The zero-order valence-electron chi connectivity index (χ0n) is 16.7. The number of aliphatic hydroxyl groups excluding tert-OH is 3. The molecule has 0 radical (unpaired) electrons. The number of rotatable bonds is 1. The lowest BCUT2D eigenvalue weighted by atomic mass is 9.44. The van der Waals surface area contributed by atoms with Crippen LogP contribution >= 0.6 is 0 Å². The van der Waals surface area contributed by atoms with E-state index < -0.39 is 0 Å². The molecular weight excluding hydrogens is 312 g/mol. The molecule has 3 heteroatoms. The summed E-state index contributed by atoms with van der Waals surface area (Å²) in [5.74, 6) is 3.87. The van der Waals surface area contributed by atoms with E-state index in [1.165, 1.54) is 44.9 Å². The molecule has 146 valence electrons. The summed E-state index contributed by atoms with van der Waals surface area (Å²) in [5.41, 5.74) is 0.860. The van der Waals surface area contributed by atoms with Crippen LogP contribution in [0.3, 0.4) is 0 Å². The fourth-order valence-corrected chi connectivity index (χ4v) is 8.07. The van der Waals surface area contributed by atoms with Crippen LogP contribution in [0.15, 0.2) is 0 Å². The molecule has 0 saturated heterocycles. The maximum absolute atomic E-state index is 10.3. The van der Waals surface area contributed by atoms with Crippen LogP contribution in [0.5, 0.6) is 0 Å². The van der Waals surface area contributed by atoms with Gasteiger partial charge in [0.2, 0.25) is 0 Å². The largest absolute Gasteiger partial charge is 0.400 e. The van der Waals surface area contributed by atoms with E-state index in [0.717, 1.165) is 43.6 Å². The molecule has 4 aliphatic rings. The van der Waals surface area contributed by atoms with Gasteiger partial charge in [0, 0.05) is 7.11 Å². The third-order valence-corrected chi connectivity index (χ3v) is 9.29. The fourth-order valence-electron chi connectivity index (χ4n) is 8.07. The topological polar surface area (TPSA) is 60.7 Å². The van der Waals surface area contributed by atoms with Crippen molar-refractivity contribution in [1.82, 2.24) is 0 Å². The van der Waals surface area contributed by atoms with Gasteiger partial charge in [-0.15, -0.1) is 0 Å². The number of fused-ring (bicyclic) bond motifs is 5. The van der Waals surface area contributed by atoms with E-state index in [4.69, 9.17) is 5.11 Å². The van der Waals surface area contributed by atoms with Crippen molar-refractivity contribution in [2.24, 2.45) is 40.4 Å². The summed E-state index contributed by atoms with van der Waals surface area (Å²) in [5, 5.41) is 27.4. The van der Waals surface area contributed by atoms with Gasteiger partial charge < -0.3 is 15.3 Å². The second kappa shape index (κ2) is 7.13. The Labute approximate surface area is 154 Å². The van der Waals surface area contributed by atoms with Gasteiger partial charge in [0.15, 0.2) is 0 Å². The standard InChI is InChI=1S/C21H36O2.CH4O/c1-13(22)17-6-7-18-16-5-4-14-12-15(23)8-10-20(14,2)19(16)9-11-21(17,18)3;1-2/h13-19,22-23H,4-12H2,1-3H3;2H,1H3. The lowest BCUT2D eigenvalue weighted by Crippen LogP contribution is -2.54. The maximum Gasteiger partial charge on any atom is 0.0545 e. The Bertz CT molecular complexity index is 464. The molecule has 0 aromatic carbocycles. The molecule has 0 aromatic rings. The minimum Gasteiger partial charge on any atom is -0.400 e. The van der Waals surface area contributed by atoms with Crippen molar-refractivity contribution in [1.29, 1.82) is 0 Å². The maximum atomic E-state index is 10.3. The molecule has 4 aliphatic carbocycles. The third-order valence-electron chi connectivity index (χ3n) is 9.29. The summed E-state index contributed by atoms with van der Waals surface area (Å²) in [6, 6.07) is 0. The lowest BCUT2D eigenvalue weighted by molar-refractivity contribution is -0.132. The Hall–Kier alpha value is -0.120. The van der Waals surface area contributed by atoms with E-state index in [1.54, 1.807) is 0 Å². The van der Waals surface area contributed by atoms with E-state index in [9.17, 15) is 10.2 Å². The molecule has 25 heavy (non-hydrogen) atoms. The van der Waals surface area contributed by atoms with Crippen LogP contribution in [0.25, 0.3) is 0 Å². The summed E-state index contributed by atoms with van der Waals surface area (Å²) in [7, 11) is 1.00. The molecule has 4 rings (SSSR count). The molecule has 9 unspecified atom stereocenters. The van der Waals surface area contributed by atoms with Crippen LogP contribution in [0.4, 0.5) is 0 Å². The molecule has 0 aliphatic heterocycles. The predicted octanol–water partition coefficient (Wildman–Crippen LogP) is 4.00. The van der Waals surface area contributed by atoms with Gasteiger partial charge in [0.1, 0.15) is 0 Å². The Balaban J connectivity index is 0.000000880. The van der Waals surface area contributed by atoms with Crippen LogP contribution in [0.2, 0.25) is 0 Å². The summed E-state index contributed by atoms with van der Waals surface area (Å²) < 4.78 is 0. The summed E-state index contributed by atoms with van der Waals surface area (Å²) >= 11 is 0. The second-order valence-corrected chi connectivity index (χ2v) is 10.1. The van der Waals surface area contributed by atoms with Crippen LogP contribution in [0.1, 0.15) is 78.6 Å². The van der Waals surface area contributed by atoms with Gasteiger partial charge in [-0.2, -0.15) is 0 Å². The van der Waals surface area contributed by atoms with Crippen molar-refractivity contribution in [3.05, 3.63) is 0 Å². The molecule has 4 saturated carbocycles. The van der Waals surface area contributed by atoms with Crippen molar-refractivity contribution in [2.75, 3.05) is 7.11 Å². The normalized spacial score (nSPS) is 52.9. The Morgan fingerprint density at radius 2 is 1.48 bits per heavy atom. The van der Waals surface area contributed by atoms with Gasteiger partial charge in [0.25, 0.3) is 0 Å². The van der Waals surface area contributed by atoms with Gasteiger partial charge in [-0.1, -0.05) is 13.8 Å². The second-order valence-electron chi connectivity index (χ2n) is 10.1. The highest BCUT2D eigenvalue weighted by Crippen LogP contribution is 2.67. The van der Waals surface area contributed by atoms with Crippen LogP contribution in [-0.2, 0) is 0 Å². The number of aliphatic hydroxyl groups is 3. The molecule has 3 N–H and O–H groups in total. The first-order valence-corrected chi connectivity index (χ1v) is 10.7.